The lowest BCUT2D eigenvalue weighted by Gasteiger charge is -2.19. The summed E-state index contributed by atoms with van der Waals surface area (Å²) in [5, 5.41) is 5.11. The molecule has 2 aromatic carbocycles. The minimum Gasteiger partial charge on any atom is -0.312 e. The zero-order valence-electron chi connectivity index (χ0n) is 17.2. The van der Waals surface area contributed by atoms with E-state index in [1.165, 1.54) is 22.3 Å². The number of nitrogens with one attached hydrogen (secondary N) is 1. The molecule has 1 aliphatic carbocycles. The topological polar surface area (TPSA) is 12.0 Å². The Morgan fingerprint density at radius 2 is 1.57 bits per heavy atom. The summed E-state index contributed by atoms with van der Waals surface area (Å²) >= 11 is 13.0. The second-order valence-electron chi connectivity index (χ2n) is 8.44. The second-order valence-corrected chi connectivity index (χ2v) is 9.26. The van der Waals surface area contributed by atoms with Crippen LogP contribution in [0, 0.1) is 11.8 Å². The van der Waals surface area contributed by atoms with Gasteiger partial charge in [-0.25, -0.2) is 0 Å². The first kappa shape index (κ1) is 21.2. The summed E-state index contributed by atoms with van der Waals surface area (Å²) in [6.45, 7) is 10.7. The van der Waals surface area contributed by atoms with Crippen molar-refractivity contribution >= 4 is 34.3 Å². The Bertz CT molecular complexity index is 907. The molecule has 28 heavy (non-hydrogen) atoms. The van der Waals surface area contributed by atoms with Gasteiger partial charge in [0.1, 0.15) is 0 Å². The molecule has 0 aliphatic heterocycles. The molecule has 0 bridgehead atoms. The summed E-state index contributed by atoms with van der Waals surface area (Å²) in [5.41, 5.74) is 7.04. The zero-order valence-corrected chi connectivity index (χ0v) is 18.7. The van der Waals surface area contributed by atoms with Crippen LogP contribution in [0.1, 0.15) is 49.9 Å². The molecule has 1 N–H and O–H groups in total. The van der Waals surface area contributed by atoms with Crippen LogP contribution in [0.25, 0.3) is 11.1 Å². The van der Waals surface area contributed by atoms with E-state index in [1.807, 2.05) is 0 Å². The van der Waals surface area contributed by atoms with Crippen molar-refractivity contribution in [3.63, 3.8) is 0 Å². The molecule has 3 heteroatoms. The van der Waals surface area contributed by atoms with E-state index in [1.54, 1.807) is 0 Å². The molecule has 1 aliphatic rings. The van der Waals surface area contributed by atoms with E-state index in [4.69, 9.17) is 23.2 Å². The molecule has 0 radical (unpaired) electrons. The van der Waals surface area contributed by atoms with Gasteiger partial charge in [0.2, 0.25) is 0 Å². The van der Waals surface area contributed by atoms with Crippen molar-refractivity contribution in [2.75, 3.05) is 6.54 Å². The molecule has 0 heterocycles. The molecule has 0 amide bonds. The number of halogens is 2. The molecule has 0 unspecified atom stereocenters. The normalized spacial score (nSPS) is 13.6. The molecule has 3 rings (SSSR count). The van der Waals surface area contributed by atoms with Gasteiger partial charge in [-0.15, -0.1) is 0 Å². The van der Waals surface area contributed by atoms with Gasteiger partial charge in [0.15, 0.2) is 0 Å². The van der Waals surface area contributed by atoms with Crippen molar-refractivity contribution in [1.82, 2.24) is 5.32 Å². The van der Waals surface area contributed by atoms with Crippen LogP contribution < -0.4 is 5.32 Å². The minimum atomic E-state index is 0.600. The van der Waals surface area contributed by atoms with Crippen LogP contribution in [0.2, 0.25) is 10.0 Å². The summed E-state index contributed by atoms with van der Waals surface area (Å²) in [4.78, 5) is 0. The van der Waals surface area contributed by atoms with Crippen LogP contribution in [0.5, 0.6) is 0 Å². The van der Waals surface area contributed by atoms with Gasteiger partial charge in [-0.2, -0.15) is 0 Å². The third kappa shape index (κ3) is 5.29. The highest BCUT2D eigenvalue weighted by atomic mass is 35.5. The Morgan fingerprint density at radius 3 is 2.18 bits per heavy atom. The summed E-state index contributed by atoms with van der Waals surface area (Å²) in [5.74, 6) is 1.25. The van der Waals surface area contributed by atoms with Gasteiger partial charge >= 0.3 is 0 Å². The van der Waals surface area contributed by atoms with E-state index in [-0.39, 0.29) is 0 Å². The van der Waals surface area contributed by atoms with Crippen molar-refractivity contribution in [1.29, 1.82) is 0 Å². The first-order chi connectivity index (χ1) is 13.3. The van der Waals surface area contributed by atoms with Gasteiger partial charge < -0.3 is 5.32 Å². The van der Waals surface area contributed by atoms with E-state index < -0.39 is 0 Å². The average molecular weight is 414 g/mol. The molecule has 0 saturated carbocycles. The van der Waals surface area contributed by atoms with Gasteiger partial charge in [0.25, 0.3) is 0 Å². The summed E-state index contributed by atoms with van der Waals surface area (Å²) in [7, 11) is 0. The van der Waals surface area contributed by atoms with Crippen molar-refractivity contribution in [2.24, 2.45) is 11.8 Å². The Morgan fingerprint density at radius 1 is 0.821 bits per heavy atom. The van der Waals surface area contributed by atoms with Crippen LogP contribution in [0.4, 0.5) is 0 Å². The smallest absolute Gasteiger partial charge is 0.0487 e. The molecule has 0 atom stereocenters. The molecule has 0 fully saturated rings. The molecule has 1 nitrogen and oxygen atoms in total. The van der Waals surface area contributed by atoms with Crippen molar-refractivity contribution in [3.05, 3.63) is 80.8 Å². The fourth-order valence-electron chi connectivity index (χ4n) is 3.38. The lowest BCUT2D eigenvalue weighted by Crippen LogP contribution is -2.18. The Balaban J connectivity index is 1.66. The fraction of sp³-hybridized carbons (Fsp3) is 0.360. The standard InChI is InChI=1S/C25H29Cl2N/c1-16(2)9-20-7-6-19(13-24(20)26)21-11-22(12-21)23-8-5-18(10-25(23)27)15-28-14-17(3)4/h5-8,10-13,16-17,28H,9,14-15H2,1-4H3. The van der Waals surface area contributed by atoms with E-state index in [2.05, 4.69) is 81.6 Å². The lowest BCUT2D eigenvalue weighted by atomic mass is 9.88. The van der Waals surface area contributed by atoms with Crippen molar-refractivity contribution in [2.45, 2.75) is 40.7 Å². The molecule has 148 valence electrons. The van der Waals surface area contributed by atoms with Gasteiger partial charge in [-0.1, -0.05) is 75.2 Å². The lowest BCUT2D eigenvalue weighted by molar-refractivity contribution is 0.552. The van der Waals surface area contributed by atoms with Gasteiger partial charge in [0, 0.05) is 22.2 Å². The maximum absolute atomic E-state index is 6.55. The maximum Gasteiger partial charge on any atom is 0.0487 e. The SMILES string of the molecule is CC(C)CNCc1ccc(C2=CC(c3ccc(CC(C)C)c(Cl)c3)=C2)c(Cl)c1. The Kier molecular flexibility index (Phi) is 7.04. The predicted molar refractivity (Wildman–Crippen MR) is 124 cm³/mol. The average Bonchev–Trinajstić information content (AvgIpc) is 2.57. The predicted octanol–water partition coefficient (Wildman–Crippen LogP) is 7.42. The van der Waals surface area contributed by atoms with Crippen molar-refractivity contribution < 1.29 is 0 Å². The Labute approximate surface area is 179 Å². The Hall–Kier alpha value is -1.54. The number of hydrogen-bond acceptors (Lipinski definition) is 1. The highest BCUT2D eigenvalue weighted by Gasteiger charge is 2.16. The van der Waals surface area contributed by atoms with Crippen molar-refractivity contribution in [3.8, 4) is 0 Å². The van der Waals surface area contributed by atoms with E-state index in [0.29, 0.717) is 11.8 Å². The molecule has 0 saturated heterocycles. The van der Waals surface area contributed by atoms with Crippen LogP contribution in [-0.2, 0) is 13.0 Å². The monoisotopic (exact) mass is 413 g/mol. The largest absolute Gasteiger partial charge is 0.312 e. The van der Waals surface area contributed by atoms with Crippen LogP contribution in [0.3, 0.4) is 0 Å². The van der Waals surface area contributed by atoms with E-state index >= 15 is 0 Å². The second kappa shape index (κ2) is 9.31. The van der Waals surface area contributed by atoms with Crippen LogP contribution >= 0.6 is 23.2 Å². The number of hydrogen-bond donors (Lipinski definition) is 1. The number of rotatable bonds is 8. The molecular formula is C25H29Cl2N. The third-order valence-electron chi connectivity index (χ3n) is 4.86. The summed E-state index contributed by atoms with van der Waals surface area (Å²) in [6, 6.07) is 12.7. The van der Waals surface area contributed by atoms with E-state index in [9.17, 15) is 0 Å². The summed E-state index contributed by atoms with van der Waals surface area (Å²) < 4.78 is 0. The third-order valence-corrected chi connectivity index (χ3v) is 5.53. The highest BCUT2D eigenvalue weighted by Crippen LogP contribution is 2.38. The highest BCUT2D eigenvalue weighted by molar-refractivity contribution is 6.33. The number of benzene rings is 2. The fourth-order valence-corrected chi connectivity index (χ4v) is 3.95. The molecule has 2 aromatic rings. The minimum absolute atomic E-state index is 0.600. The first-order valence-electron chi connectivity index (χ1n) is 10.0. The molecule has 0 aromatic heterocycles. The van der Waals surface area contributed by atoms with E-state index in [0.717, 1.165) is 40.7 Å². The quantitative estimate of drug-likeness (QED) is 0.474. The first-order valence-corrected chi connectivity index (χ1v) is 10.8. The molecular weight excluding hydrogens is 385 g/mol. The summed E-state index contributed by atoms with van der Waals surface area (Å²) in [6.07, 6.45) is 5.38. The number of allylic oxidation sites excluding steroid dienone is 4. The van der Waals surface area contributed by atoms with Gasteiger partial charge in [-0.3, -0.25) is 0 Å². The van der Waals surface area contributed by atoms with Gasteiger partial charge in [0.05, 0.1) is 0 Å². The zero-order chi connectivity index (χ0) is 20.3. The van der Waals surface area contributed by atoms with Crippen LogP contribution in [-0.4, -0.2) is 6.54 Å². The van der Waals surface area contributed by atoms with Crippen LogP contribution in [0.15, 0.2) is 48.6 Å². The van der Waals surface area contributed by atoms with Gasteiger partial charge in [-0.05, 0) is 76.9 Å². The molecule has 0 spiro atoms. The maximum atomic E-state index is 6.55.